The molecule has 22 heavy (non-hydrogen) atoms. The molecule has 0 aliphatic heterocycles. The Labute approximate surface area is 138 Å². The van der Waals surface area contributed by atoms with Crippen LogP contribution < -0.4 is 10.1 Å². The van der Waals surface area contributed by atoms with Crippen molar-refractivity contribution >= 4 is 46.3 Å². The van der Waals surface area contributed by atoms with Crippen LogP contribution in [0.15, 0.2) is 28.6 Å². The number of nitrogens with zero attached hydrogens (tertiary/aromatic N) is 2. The Balaban J connectivity index is 1.83. The van der Waals surface area contributed by atoms with Gasteiger partial charge in [0.25, 0.3) is 0 Å². The maximum Gasteiger partial charge on any atom is 0.487 e. The summed E-state index contributed by atoms with van der Waals surface area (Å²) in [7, 11) is 0. The van der Waals surface area contributed by atoms with Gasteiger partial charge in [-0.2, -0.15) is 0 Å². The van der Waals surface area contributed by atoms with E-state index in [-0.39, 0.29) is 17.4 Å². The molecule has 0 aliphatic carbocycles. The standard InChI is InChI=1S/C12H10ClF2N3O2S2/c1-7-17-18-11(22-7)21-6-10(19)16-8-2-4-9(5-3-8)20-12(13,14)15/h2-5H,6H2,1H3,(H,16,19). The fourth-order valence-corrected chi connectivity index (χ4v) is 3.11. The molecule has 1 aromatic heterocycles. The highest BCUT2D eigenvalue weighted by atomic mass is 35.5. The molecule has 1 N–H and O–H groups in total. The number of hydrogen-bond donors (Lipinski definition) is 1. The van der Waals surface area contributed by atoms with Crippen LogP contribution in [0.25, 0.3) is 0 Å². The number of aryl methyl sites for hydroxylation is 1. The van der Waals surface area contributed by atoms with Crippen LogP contribution in [0.2, 0.25) is 0 Å². The molecular formula is C12H10ClF2N3O2S2. The normalized spacial score (nSPS) is 11.3. The van der Waals surface area contributed by atoms with Crippen molar-refractivity contribution < 1.29 is 18.3 Å². The first kappa shape index (κ1) is 16.9. The van der Waals surface area contributed by atoms with E-state index in [1.54, 1.807) is 0 Å². The zero-order valence-electron chi connectivity index (χ0n) is 11.2. The van der Waals surface area contributed by atoms with E-state index < -0.39 is 5.57 Å². The van der Waals surface area contributed by atoms with Crippen LogP contribution in [0.3, 0.4) is 0 Å². The Morgan fingerprint density at radius 2 is 2.09 bits per heavy atom. The molecule has 0 unspecified atom stereocenters. The van der Waals surface area contributed by atoms with Crippen molar-refractivity contribution in [2.45, 2.75) is 16.8 Å². The molecule has 0 radical (unpaired) electrons. The number of halogens is 3. The van der Waals surface area contributed by atoms with Crippen LogP contribution in [-0.2, 0) is 4.79 Å². The van der Waals surface area contributed by atoms with Gasteiger partial charge in [-0.3, -0.25) is 4.79 Å². The van der Waals surface area contributed by atoms with Crippen molar-refractivity contribution in [1.82, 2.24) is 10.2 Å². The topological polar surface area (TPSA) is 64.1 Å². The molecular weight excluding hydrogens is 356 g/mol. The number of aromatic nitrogens is 2. The van der Waals surface area contributed by atoms with E-state index in [2.05, 4.69) is 31.9 Å². The first-order valence-electron chi connectivity index (χ1n) is 5.90. The molecule has 1 aromatic carbocycles. The summed E-state index contributed by atoms with van der Waals surface area (Å²) in [6, 6.07) is 5.45. The third kappa shape index (κ3) is 5.74. The predicted octanol–water partition coefficient (Wildman–Crippen LogP) is 3.75. The number of hydrogen-bond acceptors (Lipinski definition) is 6. The fourth-order valence-electron chi connectivity index (χ4n) is 1.40. The van der Waals surface area contributed by atoms with Gasteiger partial charge >= 0.3 is 5.57 Å². The summed E-state index contributed by atoms with van der Waals surface area (Å²) in [6.45, 7) is 1.83. The minimum atomic E-state index is -3.76. The second kappa shape index (κ2) is 7.21. The van der Waals surface area contributed by atoms with Crippen LogP contribution in [0.4, 0.5) is 14.5 Å². The van der Waals surface area contributed by atoms with Crippen molar-refractivity contribution in [2.24, 2.45) is 0 Å². The van der Waals surface area contributed by atoms with Crippen molar-refractivity contribution in [1.29, 1.82) is 0 Å². The Morgan fingerprint density at radius 1 is 1.41 bits per heavy atom. The Hall–Kier alpha value is -1.45. The average Bonchev–Trinajstić information content (AvgIpc) is 2.83. The lowest BCUT2D eigenvalue weighted by Gasteiger charge is -2.11. The number of benzene rings is 1. The molecule has 2 rings (SSSR count). The lowest BCUT2D eigenvalue weighted by molar-refractivity contribution is -0.113. The van der Waals surface area contributed by atoms with Gasteiger partial charge in [0.1, 0.15) is 10.8 Å². The highest BCUT2D eigenvalue weighted by molar-refractivity contribution is 8.01. The predicted molar refractivity (Wildman–Crippen MR) is 81.9 cm³/mol. The lowest BCUT2D eigenvalue weighted by Crippen LogP contribution is -2.16. The van der Waals surface area contributed by atoms with E-state index in [0.717, 1.165) is 5.01 Å². The Kier molecular flexibility index (Phi) is 5.54. The van der Waals surface area contributed by atoms with Crippen molar-refractivity contribution in [2.75, 3.05) is 11.1 Å². The number of carbonyl (C=O) groups is 1. The summed E-state index contributed by atoms with van der Waals surface area (Å²) in [4.78, 5) is 11.8. The quantitative estimate of drug-likeness (QED) is 0.624. The smallest absolute Gasteiger partial charge is 0.420 e. The van der Waals surface area contributed by atoms with Gasteiger partial charge in [0.15, 0.2) is 4.34 Å². The van der Waals surface area contributed by atoms with E-state index in [0.29, 0.717) is 10.0 Å². The molecule has 2 aromatic rings. The number of rotatable bonds is 6. The Morgan fingerprint density at radius 3 is 2.64 bits per heavy atom. The van der Waals surface area contributed by atoms with Gasteiger partial charge in [-0.15, -0.1) is 19.0 Å². The molecule has 0 spiro atoms. The van der Waals surface area contributed by atoms with E-state index in [9.17, 15) is 13.6 Å². The van der Waals surface area contributed by atoms with E-state index in [4.69, 9.17) is 0 Å². The largest absolute Gasteiger partial charge is 0.487 e. The zero-order valence-corrected chi connectivity index (χ0v) is 13.6. The second-order valence-corrected chi connectivity index (χ2v) is 6.84. The highest BCUT2D eigenvalue weighted by Gasteiger charge is 2.27. The number of anilines is 1. The zero-order chi connectivity index (χ0) is 16.2. The van der Waals surface area contributed by atoms with Gasteiger partial charge in [-0.1, -0.05) is 23.1 Å². The average molecular weight is 366 g/mol. The second-order valence-electron chi connectivity index (χ2n) is 4.00. The van der Waals surface area contributed by atoms with Crippen molar-refractivity contribution in [3.05, 3.63) is 29.3 Å². The fraction of sp³-hybridized carbons (Fsp3) is 0.250. The van der Waals surface area contributed by atoms with E-state index in [1.165, 1.54) is 47.4 Å². The van der Waals surface area contributed by atoms with Gasteiger partial charge in [0.2, 0.25) is 5.91 Å². The van der Waals surface area contributed by atoms with Crippen LogP contribution in [0, 0.1) is 6.92 Å². The maximum absolute atomic E-state index is 12.4. The minimum absolute atomic E-state index is 0.100. The lowest BCUT2D eigenvalue weighted by atomic mass is 10.3. The number of nitrogens with one attached hydrogen (secondary N) is 1. The molecule has 118 valence electrons. The van der Waals surface area contributed by atoms with E-state index in [1.807, 2.05) is 6.92 Å². The number of carbonyl (C=O) groups excluding carboxylic acids is 1. The summed E-state index contributed by atoms with van der Waals surface area (Å²) < 4.78 is 29.8. The third-order valence-corrected chi connectivity index (χ3v) is 4.26. The summed E-state index contributed by atoms with van der Waals surface area (Å²) >= 11 is 7.33. The molecule has 0 atom stereocenters. The summed E-state index contributed by atoms with van der Waals surface area (Å²) in [5, 5.41) is 11.2. The molecule has 10 heteroatoms. The number of thioether (sulfide) groups is 1. The first-order valence-corrected chi connectivity index (χ1v) is 8.08. The molecule has 0 fully saturated rings. The van der Waals surface area contributed by atoms with Gasteiger partial charge < -0.3 is 10.1 Å². The monoisotopic (exact) mass is 365 g/mol. The summed E-state index contributed by atoms with van der Waals surface area (Å²) in [5.74, 6) is -0.169. The minimum Gasteiger partial charge on any atom is -0.420 e. The van der Waals surface area contributed by atoms with Crippen LogP contribution in [0.1, 0.15) is 5.01 Å². The first-order chi connectivity index (χ1) is 10.3. The molecule has 1 amide bonds. The van der Waals surface area contributed by atoms with E-state index >= 15 is 0 Å². The summed E-state index contributed by atoms with van der Waals surface area (Å²) in [6.07, 6.45) is 0. The maximum atomic E-state index is 12.4. The molecule has 0 aliphatic rings. The molecule has 5 nitrogen and oxygen atoms in total. The van der Waals surface area contributed by atoms with Crippen molar-refractivity contribution in [3.8, 4) is 5.75 Å². The van der Waals surface area contributed by atoms with Gasteiger partial charge in [-0.05, 0) is 31.2 Å². The van der Waals surface area contributed by atoms with Crippen LogP contribution >= 0.6 is 34.7 Å². The van der Waals surface area contributed by atoms with Crippen molar-refractivity contribution in [3.63, 3.8) is 0 Å². The van der Waals surface area contributed by atoms with Gasteiger partial charge in [0, 0.05) is 17.3 Å². The molecule has 0 saturated carbocycles. The van der Waals surface area contributed by atoms with Crippen LogP contribution in [0.5, 0.6) is 5.75 Å². The molecule has 0 saturated heterocycles. The van der Waals surface area contributed by atoms with Crippen LogP contribution in [-0.4, -0.2) is 27.4 Å². The SMILES string of the molecule is Cc1nnc(SCC(=O)Nc2ccc(OC(F)(F)Cl)cc2)s1. The molecule has 1 heterocycles. The third-order valence-electron chi connectivity index (χ3n) is 2.21. The Bertz CT molecular complexity index is 647. The number of ether oxygens (including phenoxy) is 1. The molecule has 0 bridgehead atoms. The highest BCUT2D eigenvalue weighted by Crippen LogP contribution is 2.26. The number of alkyl halides is 3. The van der Waals surface area contributed by atoms with Gasteiger partial charge in [0.05, 0.1) is 5.75 Å². The number of amides is 1. The van der Waals surface area contributed by atoms with Gasteiger partial charge in [-0.25, -0.2) is 0 Å². The summed E-state index contributed by atoms with van der Waals surface area (Å²) in [5.41, 5.74) is -3.30.